The predicted molar refractivity (Wildman–Crippen MR) is 113 cm³/mol. The second kappa shape index (κ2) is 8.57. The topological polar surface area (TPSA) is 42.4 Å². The van der Waals surface area contributed by atoms with Crippen LogP contribution in [0.5, 0.6) is 11.5 Å². The van der Waals surface area contributed by atoms with Crippen molar-refractivity contribution in [2.45, 2.75) is 25.9 Å². The van der Waals surface area contributed by atoms with Crippen molar-refractivity contribution in [3.8, 4) is 11.5 Å². The van der Waals surface area contributed by atoms with Crippen molar-refractivity contribution >= 4 is 10.9 Å². The molecule has 3 nitrogen and oxygen atoms in total. The lowest BCUT2D eigenvalue weighted by Crippen LogP contribution is -1.99. The number of para-hydroxylation sites is 1. The summed E-state index contributed by atoms with van der Waals surface area (Å²) < 4.78 is 5.97. The number of aromatic hydroxyl groups is 1. The largest absolute Gasteiger partial charge is 0.508 e. The highest BCUT2D eigenvalue weighted by Crippen LogP contribution is 2.18. The highest BCUT2D eigenvalue weighted by molar-refractivity contribution is 5.78. The minimum Gasteiger partial charge on any atom is -0.508 e. The van der Waals surface area contributed by atoms with Gasteiger partial charge in [-0.15, -0.1) is 0 Å². The van der Waals surface area contributed by atoms with Gasteiger partial charge in [0.2, 0.25) is 0 Å². The summed E-state index contributed by atoms with van der Waals surface area (Å²) in [6, 6.07) is 27.9. The lowest BCUT2D eigenvalue weighted by atomic mass is 10.0. The van der Waals surface area contributed by atoms with Gasteiger partial charge in [0.15, 0.2) is 0 Å². The second-order valence-electron chi connectivity index (χ2n) is 6.95. The number of rotatable bonds is 7. The molecule has 0 atom stereocenters. The third-order valence-corrected chi connectivity index (χ3v) is 4.81. The zero-order chi connectivity index (χ0) is 19.2. The second-order valence-corrected chi connectivity index (χ2v) is 6.95. The van der Waals surface area contributed by atoms with Crippen LogP contribution in [0.1, 0.15) is 23.2 Å². The number of benzene rings is 3. The Morgan fingerprint density at radius 3 is 2.46 bits per heavy atom. The van der Waals surface area contributed by atoms with Crippen molar-refractivity contribution in [3.63, 3.8) is 0 Å². The standard InChI is InChI=1S/C25H23NO2/c27-23-15-11-19(12-16-23)5-3-6-20-7-4-9-24(17-20)28-18-22-14-13-21-8-1-2-10-25(21)26-22/h1-2,4,7-17,27H,3,5-6,18H2. The maximum Gasteiger partial charge on any atom is 0.130 e. The number of hydrogen-bond acceptors (Lipinski definition) is 3. The van der Waals surface area contributed by atoms with Gasteiger partial charge in [0.1, 0.15) is 18.1 Å². The van der Waals surface area contributed by atoms with Crippen LogP contribution in [0.4, 0.5) is 0 Å². The smallest absolute Gasteiger partial charge is 0.130 e. The zero-order valence-corrected chi connectivity index (χ0v) is 15.7. The van der Waals surface area contributed by atoms with Crippen molar-refractivity contribution in [2.24, 2.45) is 0 Å². The molecule has 140 valence electrons. The summed E-state index contributed by atoms with van der Waals surface area (Å²) in [5, 5.41) is 10.5. The van der Waals surface area contributed by atoms with Crippen molar-refractivity contribution in [2.75, 3.05) is 0 Å². The van der Waals surface area contributed by atoms with Gasteiger partial charge in [-0.05, 0) is 66.8 Å². The van der Waals surface area contributed by atoms with Crippen LogP contribution in [-0.2, 0) is 19.4 Å². The number of hydrogen-bond donors (Lipinski definition) is 1. The predicted octanol–water partition coefficient (Wildman–Crippen LogP) is 5.69. The van der Waals surface area contributed by atoms with Gasteiger partial charge in [0.25, 0.3) is 0 Å². The molecular weight excluding hydrogens is 346 g/mol. The van der Waals surface area contributed by atoms with E-state index in [0.29, 0.717) is 12.4 Å². The monoisotopic (exact) mass is 369 g/mol. The summed E-state index contributed by atoms with van der Waals surface area (Å²) in [7, 11) is 0. The molecule has 28 heavy (non-hydrogen) atoms. The average molecular weight is 369 g/mol. The Hall–Kier alpha value is -3.33. The van der Waals surface area contributed by atoms with Crippen molar-refractivity contribution in [1.82, 2.24) is 4.98 Å². The van der Waals surface area contributed by atoms with Crippen LogP contribution in [-0.4, -0.2) is 10.1 Å². The van der Waals surface area contributed by atoms with E-state index in [1.807, 2.05) is 48.5 Å². The Morgan fingerprint density at radius 2 is 1.57 bits per heavy atom. The third kappa shape index (κ3) is 4.68. The molecule has 0 saturated carbocycles. The van der Waals surface area contributed by atoms with Gasteiger partial charge < -0.3 is 9.84 Å². The van der Waals surface area contributed by atoms with Gasteiger partial charge in [0.05, 0.1) is 11.2 Å². The first-order valence-electron chi connectivity index (χ1n) is 9.61. The summed E-state index contributed by atoms with van der Waals surface area (Å²) in [5.41, 5.74) is 4.43. The van der Waals surface area contributed by atoms with Gasteiger partial charge >= 0.3 is 0 Å². The quantitative estimate of drug-likeness (QED) is 0.455. The summed E-state index contributed by atoms with van der Waals surface area (Å²) in [5.74, 6) is 1.19. The van der Waals surface area contributed by atoms with Gasteiger partial charge in [-0.2, -0.15) is 0 Å². The van der Waals surface area contributed by atoms with Gasteiger partial charge in [0, 0.05) is 5.39 Å². The zero-order valence-electron chi connectivity index (χ0n) is 15.7. The summed E-state index contributed by atoms with van der Waals surface area (Å²) >= 11 is 0. The molecule has 3 heteroatoms. The number of phenols is 1. The van der Waals surface area contributed by atoms with E-state index in [1.165, 1.54) is 11.1 Å². The van der Waals surface area contributed by atoms with E-state index in [9.17, 15) is 5.11 Å². The van der Waals surface area contributed by atoms with E-state index >= 15 is 0 Å². The molecule has 0 amide bonds. The minimum atomic E-state index is 0.314. The van der Waals surface area contributed by atoms with Crippen LogP contribution in [0, 0.1) is 0 Å². The van der Waals surface area contributed by atoms with E-state index in [0.717, 1.165) is 41.6 Å². The Morgan fingerprint density at radius 1 is 0.750 bits per heavy atom. The molecule has 0 fully saturated rings. The molecule has 0 spiro atoms. The Kier molecular flexibility index (Phi) is 5.53. The third-order valence-electron chi connectivity index (χ3n) is 4.81. The SMILES string of the molecule is Oc1ccc(CCCc2cccc(OCc3ccc4ccccc4n3)c2)cc1. The van der Waals surface area contributed by atoms with Crippen LogP contribution in [0.25, 0.3) is 10.9 Å². The summed E-state index contributed by atoms with van der Waals surface area (Å²) in [6.07, 6.45) is 3.04. The average Bonchev–Trinajstić information content (AvgIpc) is 2.74. The van der Waals surface area contributed by atoms with Crippen LogP contribution in [0.2, 0.25) is 0 Å². The number of aryl methyl sites for hydroxylation is 2. The van der Waals surface area contributed by atoms with Crippen LogP contribution in [0.3, 0.4) is 0 Å². The maximum atomic E-state index is 9.36. The van der Waals surface area contributed by atoms with E-state index in [1.54, 1.807) is 12.1 Å². The molecule has 0 unspecified atom stereocenters. The molecule has 3 aromatic carbocycles. The lowest BCUT2D eigenvalue weighted by Gasteiger charge is -2.09. The Balaban J connectivity index is 1.33. The number of ether oxygens (including phenoxy) is 1. The highest BCUT2D eigenvalue weighted by Gasteiger charge is 2.02. The molecule has 0 radical (unpaired) electrons. The molecule has 1 aromatic heterocycles. The first kappa shape index (κ1) is 18.1. The number of aromatic nitrogens is 1. The highest BCUT2D eigenvalue weighted by atomic mass is 16.5. The van der Waals surface area contributed by atoms with Crippen LogP contribution in [0.15, 0.2) is 84.9 Å². The van der Waals surface area contributed by atoms with Crippen LogP contribution < -0.4 is 4.74 Å². The number of phenolic OH excluding ortho intramolecular Hbond substituents is 1. The van der Waals surface area contributed by atoms with E-state index in [-0.39, 0.29) is 0 Å². The fourth-order valence-electron chi connectivity index (χ4n) is 3.30. The fraction of sp³-hybridized carbons (Fsp3) is 0.160. The molecular formula is C25H23NO2. The maximum absolute atomic E-state index is 9.36. The first-order chi connectivity index (χ1) is 13.8. The van der Waals surface area contributed by atoms with Gasteiger partial charge in [-0.25, -0.2) is 4.98 Å². The summed E-state index contributed by atoms with van der Waals surface area (Å²) in [6.45, 7) is 0.460. The molecule has 1 N–H and O–H groups in total. The summed E-state index contributed by atoms with van der Waals surface area (Å²) in [4.78, 5) is 4.66. The molecule has 0 aliphatic heterocycles. The number of fused-ring (bicyclic) bond motifs is 1. The van der Waals surface area contributed by atoms with Gasteiger partial charge in [-0.3, -0.25) is 0 Å². The lowest BCUT2D eigenvalue weighted by molar-refractivity contribution is 0.301. The van der Waals surface area contributed by atoms with E-state index < -0.39 is 0 Å². The Bertz CT molecular complexity index is 1060. The molecule has 0 aliphatic carbocycles. The molecule has 4 aromatic rings. The fourth-order valence-corrected chi connectivity index (χ4v) is 3.30. The normalized spacial score (nSPS) is 10.9. The minimum absolute atomic E-state index is 0.314. The van der Waals surface area contributed by atoms with Crippen molar-refractivity contribution in [1.29, 1.82) is 0 Å². The molecule has 1 heterocycles. The van der Waals surface area contributed by atoms with E-state index in [4.69, 9.17) is 4.74 Å². The molecule has 0 bridgehead atoms. The van der Waals surface area contributed by atoms with E-state index in [2.05, 4.69) is 29.2 Å². The Labute approximate surface area is 165 Å². The van der Waals surface area contributed by atoms with Gasteiger partial charge in [-0.1, -0.05) is 48.5 Å². The first-order valence-corrected chi connectivity index (χ1v) is 9.61. The molecule has 4 rings (SSSR count). The van der Waals surface area contributed by atoms with Crippen molar-refractivity contribution in [3.05, 3.63) is 102 Å². The number of nitrogens with zero attached hydrogens (tertiary/aromatic N) is 1. The molecule has 0 aliphatic rings. The molecule has 0 saturated heterocycles. The number of pyridine rings is 1. The van der Waals surface area contributed by atoms with Crippen molar-refractivity contribution < 1.29 is 9.84 Å². The van der Waals surface area contributed by atoms with Crippen LogP contribution >= 0.6 is 0 Å².